The number of unbranched alkanes of at least 4 members (excludes halogenated alkanes) is 1. The zero-order chi connectivity index (χ0) is 26.2. The van der Waals surface area contributed by atoms with Gasteiger partial charge in [-0.2, -0.15) is 0 Å². The summed E-state index contributed by atoms with van der Waals surface area (Å²) in [6.07, 6.45) is 3.18. The van der Waals surface area contributed by atoms with E-state index < -0.39 is 40.5 Å². The van der Waals surface area contributed by atoms with Gasteiger partial charge in [0.15, 0.2) is 11.4 Å². The van der Waals surface area contributed by atoms with Gasteiger partial charge in [0.1, 0.15) is 11.4 Å². The maximum atomic E-state index is 14.3. The number of halogens is 2. The molecule has 1 saturated carbocycles. The van der Waals surface area contributed by atoms with E-state index in [2.05, 4.69) is 5.32 Å². The number of aromatic nitrogens is 1. The molecule has 0 saturated heterocycles. The molecule has 192 valence electrons. The predicted octanol–water partition coefficient (Wildman–Crippen LogP) is 3.03. The van der Waals surface area contributed by atoms with Crippen LogP contribution in [-0.4, -0.2) is 52.6 Å². The Bertz CT molecular complexity index is 1290. The van der Waals surface area contributed by atoms with Crippen molar-refractivity contribution in [1.82, 2.24) is 14.8 Å². The molecule has 36 heavy (non-hydrogen) atoms. The summed E-state index contributed by atoms with van der Waals surface area (Å²) in [5.41, 5.74) is -1.67. The van der Waals surface area contributed by atoms with Crippen molar-refractivity contribution in [3.05, 3.63) is 62.3 Å². The molecule has 1 spiro atoms. The molecular formula is C25H27ClFN3O6. The van der Waals surface area contributed by atoms with Crippen molar-refractivity contribution in [2.75, 3.05) is 20.2 Å². The number of amides is 2. The van der Waals surface area contributed by atoms with E-state index in [1.807, 2.05) is 6.92 Å². The van der Waals surface area contributed by atoms with Gasteiger partial charge in [0, 0.05) is 31.9 Å². The highest BCUT2D eigenvalue weighted by molar-refractivity contribution is 6.30. The Morgan fingerprint density at radius 3 is 2.69 bits per heavy atom. The number of ether oxygens (including phenoxy) is 1. The van der Waals surface area contributed by atoms with Crippen molar-refractivity contribution >= 4 is 29.4 Å². The van der Waals surface area contributed by atoms with Gasteiger partial charge in [0.25, 0.3) is 11.8 Å². The Labute approximate surface area is 211 Å². The number of aliphatic carboxylic acids is 1. The Kier molecular flexibility index (Phi) is 7.08. The third-order valence-corrected chi connectivity index (χ3v) is 7.11. The average Bonchev–Trinajstić information content (AvgIpc) is 2.81. The number of fused-ring (bicyclic) bond motifs is 2. The monoisotopic (exact) mass is 519 g/mol. The molecule has 1 aliphatic heterocycles. The molecule has 0 unspecified atom stereocenters. The maximum Gasteiger partial charge on any atom is 0.306 e. The van der Waals surface area contributed by atoms with E-state index in [0.29, 0.717) is 6.42 Å². The lowest BCUT2D eigenvalue weighted by Gasteiger charge is -2.53. The van der Waals surface area contributed by atoms with E-state index in [1.165, 1.54) is 23.2 Å². The van der Waals surface area contributed by atoms with Crippen LogP contribution in [0.4, 0.5) is 4.39 Å². The SMILES string of the molecule is CCCCOc1c2n(cc(C(=O)NCc3cccc(Cl)c3F)c1=O)[C@]1(CN(C)C2=O)C[C@H](C(=O)O)C1. The lowest BCUT2D eigenvalue weighted by molar-refractivity contribution is -0.150. The van der Waals surface area contributed by atoms with Gasteiger partial charge in [-0.25, -0.2) is 4.39 Å². The molecule has 2 aliphatic rings. The number of rotatable bonds is 8. The fraction of sp³-hybridized carbons (Fsp3) is 0.440. The molecule has 0 bridgehead atoms. The zero-order valence-corrected chi connectivity index (χ0v) is 20.7. The number of carboxylic acids is 1. The molecule has 1 aromatic heterocycles. The number of hydrogen-bond donors (Lipinski definition) is 2. The molecule has 9 nitrogen and oxygen atoms in total. The van der Waals surface area contributed by atoms with E-state index in [1.54, 1.807) is 17.7 Å². The molecule has 4 rings (SSSR count). The van der Waals surface area contributed by atoms with Crippen LogP contribution in [-0.2, 0) is 16.9 Å². The minimum atomic E-state index is -0.941. The number of nitrogens with one attached hydrogen (secondary N) is 1. The van der Waals surface area contributed by atoms with Crippen LogP contribution in [0.5, 0.6) is 5.75 Å². The molecule has 0 radical (unpaired) electrons. The van der Waals surface area contributed by atoms with Crippen molar-refractivity contribution in [3.8, 4) is 5.75 Å². The van der Waals surface area contributed by atoms with Crippen LogP contribution in [0.25, 0.3) is 0 Å². The van der Waals surface area contributed by atoms with E-state index in [-0.39, 0.29) is 60.1 Å². The van der Waals surface area contributed by atoms with Gasteiger partial charge in [0.2, 0.25) is 5.43 Å². The Morgan fingerprint density at radius 2 is 2.03 bits per heavy atom. The fourth-order valence-corrected chi connectivity index (χ4v) is 5.06. The molecule has 2 N–H and O–H groups in total. The van der Waals surface area contributed by atoms with E-state index in [4.69, 9.17) is 16.3 Å². The third-order valence-electron chi connectivity index (χ3n) is 6.82. The first-order chi connectivity index (χ1) is 17.1. The Morgan fingerprint density at radius 1 is 1.31 bits per heavy atom. The van der Waals surface area contributed by atoms with Crippen molar-refractivity contribution in [1.29, 1.82) is 0 Å². The van der Waals surface area contributed by atoms with Crippen molar-refractivity contribution in [2.24, 2.45) is 5.92 Å². The standard InChI is InChI=1S/C25H27ClFN3O6/c1-3-4-8-36-21-19-23(33)29(2)13-25(9-15(10-25)24(34)35)30(19)12-16(20(21)31)22(32)28-11-14-6-5-7-17(26)18(14)27/h5-7,12,15H,3-4,8-11,13H2,1-2H3,(H,28,32)(H,34,35)/t15-,25+. The first-order valence-corrected chi connectivity index (χ1v) is 12.1. The summed E-state index contributed by atoms with van der Waals surface area (Å²) >= 11 is 5.81. The smallest absolute Gasteiger partial charge is 0.306 e. The number of nitrogens with zero attached hydrogens (tertiary/aromatic N) is 2. The second-order valence-corrected chi connectivity index (χ2v) is 9.75. The lowest BCUT2D eigenvalue weighted by atomic mass is 9.66. The van der Waals surface area contributed by atoms with Crippen LogP contribution >= 0.6 is 11.6 Å². The zero-order valence-electron chi connectivity index (χ0n) is 20.0. The Balaban J connectivity index is 1.76. The summed E-state index contributed by atoms with van der Waals surface area (Å²) in [6.45, 7) is 2.12. The number of pyridine rings is 1. The number of likely N-dealkylation sites (N-methyl/N-ethyl adjacent to an activating group) is 1. The molecular weight excluding hydrogens is 493 g/mol. The molecule has 2 aromatic rings. The molecule has 1 fully saturated rings. The average molecular weight is 520 g/mol. The summed E-state index contributed by atoms with van der Waals surface area (Å²) < 4.78 is 21.6. The van der Waals surface area contributed by atoms with E-state index in [0.717, 1.165) is 6.42 Å². The topological polar surface area (TPSA) is 118 Å². The number of carbonyl (C=O) groups excluding carboxylic acids is 2. The van der Waals surface area contributed by atoms with Gasteiger partial charge in [-0.1, -0.05) is 37.1 Å². The molecule has 2 heterocycles. The number of carboxylic acid groups (broad SMARTS) is 1. The normalized spacial score (nSPS) is 20.6. The van der Waals surface area contributed by atoms with Crippen LogP contribution in [0.1, 0.15) is 59.0 Å². The van der Waals surface area contributed by atoms with Gasteiger partial charge < -0.3 is 24.6 Å². The number of hydrogen-bond acceptors (Lipinski definition) is 5. The predicted molar refractivity (Wildman–Crippen MR) is 129 cm³/mol. The highest BCUT2D eigenvalue weighted by Gasteiger charge is 2.54. The van der Waals surface area contributed by atoms with Crippen LogP contribution in [0.3, 0.4) is 0 Å². The quantitative estimate of drug-likeness (QED) is 0.518. The molecule has 11 heteroatoms. The van der Waals surface area contributed by atoms with Gasteiger partial charge >= 0.3 is 5.97 Å². The molecule has 1 aromatic carbocycles. The van der Waals surface area contributed by atoms with Crippen LogP contribution in [0, 0.1) is 11.7 Å². The summed E-state index contributed by atoms with van der Waals surface area (Å²) in [4.78, 5) is 52.6. The van der Waals surface area contributed by atoms with Crippen molar-refractivity contribution in [2.45, 2.75) is 44.7 Å². The minimum Gasteiger partial charge on any atom is -0.487 e. The number of carbonyl (C=O) groups is 3. The second-order valence-electron chi connectivity index (χ2n) is 9.35. The molecule has 0 atom stereocenters. The van der Waals surface area contributed by atoms with Crippen LogP contribution < -0.4 is 15.5 Å². The van der Waals surface area contributed by atoms with Gasteiger partial charge in [0.05, 0.1) is 23.1 Å². The largest absolute Gasteiger partial charge is 0.487 e. The van der Waals surface area contributed by atoms with E-state index in [9.17, 15) is 28.7 Å². The number of benzene rings is 1. The van der Waals surface area contributed by atoms with Gasteiger partial charge in [-0.15, -0.1) is 0 Å². The summed E-state index contributed by atoms with van der Waals surface area (Å²) in [5, 5.41) is 11.9. The second kappa shape index (κ2) is 9.93. The summed E-state index contributed by atoms with van der Waals surface area (Å²) in [7, 11) is 1.59. The third kappa shape index (κ3) is 4.45. The van der Waals surface area contributed by atoms with Crippen molar-refractivity contribution < 1.29 is 28.6 Å². The van der Waals surface area contributed by atoms with Gasteiger partial charge in [-0.3, -0.25) is 19.2 Å². The first kappa shape index (κ1) is 25.7. The lowest BCUT2D eigenvalue weighted by Crippen LogP contribution is -2.60. The van der Waals surface area contributed by atoms with E-state index >= 15 is 0 Å². The van der Waals surface area contributed by atoms with Crippen LogP contribution in [0.15, 0.2) is 29.2 Å². The molecule has 1 aliphatic carbocycles. The summed E-state index contributed by atoms with van der Waals surface area (Å²) in [6, 6.07) is 4.39. The highest BCUT2D eigenvalue weighted by Crippen LogP contribution is 2.48. The molecule has 2 amide bonds. The summed E-state index contributed by atoms with van der Waals surface area (Å²) in [5.74, 6) is -3.68. The fourth-order valence-electron chi connectivity index (χ4n) is 4.86. The first-order valence-electron chi connectivity index (χ1n) is 11.7. The van der Waals surface area contributed by atoms with Crippen molar-refractivity contribution in [3.63, 3.8) is 0 Å². The van der Waals surface area contributed by atoms with Gasteiger partial charge in [-0.05, 0) is 25.3 Å². The highest BCUT2D eigenvalue weighted by atomic mass is 35.5. The Hall–Kier alpha value is -3.40. The maximum absolute atomic E-state index is 14.3. The minimum absolute atomic E-state index is 0.00567. The van der Waals surface area contributed by atoms with Crippen LogP contribution in [0.2, 0.25) is 5.02 Å².